The summed E-state index contributed by atoms with van der Waals surface area (Å²) >= 11 is 0. The lowest BCUT2D eigenvalue weighted by Gasteiger charge is -2.15. The first kappa shape index (κ1) is 12.8. The number of phenolic OH excluding ortho intramolecular Hbond substituents is 1. The normalized spacial score (nSPS) is 9.76. The first-order chi connectivity index (χ1) is 7.95. The number of rotatable bonds is 3. The van der Waals surface area contributed by atoms with Gasteiger partial charge in [0.15, 0.2) is 0 Å². The SMILES string of the molecule is COC(=O)CN(C)C(=O)c1ccc(N)c(O)c1. The first-order valence-corrected chi connectivity index (χ1v) is 4.86. The van der Waals surface area contributed by atoms with Crippen LogP contribution in [-0.2, 0) is 9.53 Å². The van der Waals surface area contributed by atoms with E-state index in [1.807, 2.05) is 0 Å². The number of ether oxygens (including phenoxy) is 1. The standard InChI is InChI=1S/C11H14N2O4/c1-13(6-10(15)17-2)11(16)7-3-4-8(12)9(14)5-7/h3-5,14H,6,12H2,1-2H3. The molecule has 0 saturated heterocycles. The molecule has 0 aromatic heterocycles. The van der Waals surface area contributed by atoms with E-state index in [0.29, 0.717) is 0 Å². The van der Waals surface area contributed by atoms with Crippen molar-refractivity contribution in [1.82, 2.24) is 4.90 Å². The van der Waals surface area contributed by atoms with Crippen LogP contribution < -0.4 is 5.73 Å². The van der Waals surface area contributed by atoms with E-state index in [1.165, 1.54) is 37.3 Å². The summed E-state index contributed by atoms with van der Waals surface area (Å²) in [5.41, 5.74) is 5.86. The Hall–Kier alpha value is -2.24. The van der Waals surface area contributed by atoms with Crippen LogP contribution in [0.2, 0.25) is 0 Å². The number of amides is 1. The highest BCUT2D eigenvalue weighted by Gasteiger charge is 2.16. The van der Waals surface area contributed by atoms with Crippen LogP contribution in [0, 0.1) is 0 Å². The zero-order valence-corrected chi connectivity index (χ0v) is 9.64. The van der Waals surface area contributed by atoms with Gasteiger partial charge in [-0.25, -0.2) is 0 Å². The molecule has 6 nitrogen and oxygen atoms in total. The van der Waals surface area contributed by atoms with Crippen molar-refractivity contribution in [1.29, 1.82) is 0 Å². The van der Waals surface area contributed by atoms with Crippen LogP contribution in [0.25, 0.3) is 0 Å². The number of nitrogens with two attached hydrogens (primary N) is 1. The molecule has 0 radical (unpaired) electrons. The first-order valence-electron chi connectivity index (χ1n) is 4.86. The van der Waals surface area contributed by atoms with Crippen LogP contribution in [0.4, 0.5) is 5.69 Å². The molecule has 0 fully saturated rings. The number of hydrogen-bond donors (Lipinski definition) is 2. The lowest BCUT2D eigenvalue weighted by Crippen LogP contribution is -2.32. The van der Waals surface area contributed by atoms with E-state index in [-0.39, 0.29) is 23.5 Å². The summed E-state index contributed by atoms with van der Waals surface area (Å²) in [7, 11) is 2.71. The molecular weight excluding hydrogens is 224 g/mol. The molecule has 6 heteroatoms. The number of benzene rings is 1. The van der Waals surface area contributed by atoms with Gasteiger partial charge in [0, 0.05) is 12.6 Å². The summed E-state index contributed by atoms with van der Waals surface area (Å²) in [6.45, 7) is -0.152. The maximum Gasteiger partial charge on any atom is 0.325 e. The molecule has 0 saturated carbocycles. The van der Waals surface area contributed by atoms with Gasteiger partial charge in [0.25, 0.3) is 5.91 Å². The average molecular weight is 238 g/mol. The van der Waals surface area contributed by atoms with Gasteiger partial charge in [0.1, 0.15) is 12.3 Å². The van der Waals surface area contributed by atoms with E-state index in [1.54, 1.807) is 0 Å². The molecule has 1 aromatic carbocycles. The summed E-state index contributed by atoms with van der Waals surface area (Å²) in [4.78, 5) is 24.0. The molecule has 1 aromatic rings. The molecule has 0 aliphatic heterocycles. The minimum absolute atomic E-state index is 0.152. The number of anilines is 1. The van der Waals surface area contributed by atoms with Crippen molar-refractivity contribution in [3.05, 3.63) is 23.8 Å². The minimum atomic E-state index is -0.513. The van der Waals surface area contributed by atoms with Crippen LogP contribution in [0.15, 0.2) is 18.2 Å². The van der Waals surface area contributed by atoms with E-state index >= 15 is 0 Å². The molecule has 92 valence electrons. The van der Waals surface area contributed by atoms with Crippen molar-refractivity contribution in [3.63, 3.8) is 0 Å². The Balaban J connectivity index is 2.81. The van der Waals surface area contributed by atoms with Crippen molar-refractivity contribution >= 4 is 17.6 Å². The second kappa shape index (κ2) is 5.20. The monoisotopic (exact) mass is 238 g/mol. The number of carbonyl (C=O) groups excluding carboxylic acids is 2. The smallest absolute Gasteiger partial charge is 0.325 e. The van der Waals surface area contributed by atoms with Gasteiger partial charge in [0.2, 0.25) is 0 Å². The van der Waals surface area contributed by atoms with Crippen molar-refractivity contribution < 1.29 is 19.4 Å². The minimum Gasteiger partial charge on any atom is -0.506 e. The molecule has 1 rings (SSSR count). The predicted octanol–water partition coefficient (Wildman–Crippen LogP) is 0.219. The molecule has 0 bridgehead atoms. The van der Waals surface area contributed by atoms with Crippen LogP contribution >= 0.6 is 0 Å². The fourth-order valence-electron chi connectivity index (χ4n) is 1.23. The van der Waals surface area contributed by atoms with Crippen molar-refractivity contribution in [3.8, 4) is 5.75 Å². The van der Waals surface area contributed by atoms with E-state index in [0.717, 1.165) is 0 Å². The van der Waals surface area contributed by atoms with Gasteiger partial charge in [0.05, 0.1) is 12.8 Å². The summed E-state index contributed by atoms with van der Waals surface area (Å²) in [6, 6.07) is 4.16. The molecular formula is C11H14N2O4. The Labute approximate surface area is 98.6 Å². The van der Waals surface area contributed by atoms with E-state index in [4.69, 9.17) is 5.73 Å². The molecule has 0 aliphatic carbocycles. The van der Waals surface area contributed by atoms with Crippen LogP contribution in [0.5, 0.6) is 5.75 Å². The predicted molar refractivity (Wildman–Crippen MR) is 61.5 cm³/mol. The van der Waals surface area contributed by atoms with Gasteiger partial charge >= 0.3 is 5.97 Å². The topological polar surface area (TPSA) is 92.9 Å². The Morgan fingerprint density at radius 2 is 2.12 bits per heavy atom. The van der Waals surface area contributed by atoms with Gasteiger partial charge in [-0.15, -0.1) is 0 Å². The number of carbonyl (C=O) groups is 2. The molecule has 17 heavy (non-hydrogen) atoms. The fourth-order valence-corrected chi connectivity index (χ4v) is 1.23. The largest absolute Gasteiger partial charge is 0.506 e. The highest BCUT2D eigenvalue weighted by atomic mass is 16.5. The van der Waals surface area contributed by atoms with Gasteiger partial charge in [-0.2, -0.15) is 0 Å². The molecule has 0 atom stereocenters. The summed E-state index contributed by atoms with van der Waals surface area (Å²) in [5.74, 6) is -1.08. The second-order valence-corrected chi connectivity index (χ2v) is 3.51. The Morgan fingerprint density at radius 1 is 1.47 bits per heavy atom. The van der Waals surface area contributed by atoms with Crippen LogP contribution in [-0.4, -0.2) is 42.6 Å². The third-order valence-corrected chi connectivity index (χ3v) is 2.22. The van der Waals surface area contributed by atoms with Gasteiger partial charge < -0.3 is 20.5 Å². The van der Waals surface area contributed by atoms with E-state index in [9.17, 15) is 14.7 Å². The summed E-state index contributed by atoms with van der Waals surface area (Å²) in [5, 5.41) is 9.37. The number of aromatic hydroxyl groups is 1. The maximum absolute atomic E-state index is 11.8. The summed E-state index contributed by atoms with van der Waals surface area (Å²) in [6.07, 6.45) is 0. The zero-order valence-electron chi connectivity index (χ0n) is 9.64. The molecule has 0 aliphatic rings. The number of nitrogens with zero attached hydrogens (tertiary/aromatic N) is 1. The number of nitrogen functional groups attached to an aromatic ring is 1. The van der Waals surface area contributed by atoms with Crippen molar-refractivity contribution in [2.75, 3.05) is 26.4 Å². The molecule has 0 heterocycles. The number of phenols is 1. The molecule has 0 spiro atoms. The third kappa shape index (κ3) is 3.10. The summed E-state index contributed by atoms with van der Waals surface area (Å²) < 4.78 is 4.45. The lowest BCUT2D eigenvalue weighted by atomic mass is 10.1. The zero-order chi connectivity index (χ0) is 13.0. The highest BCUT2D eigenvalue weighted by Crippen LogP contribution is 2.21. The second-order valence-electron chi connectivity index (χ2n) is 3.51. The van der Waals surface area contributed by atoms with Crippen LogP contribution in [0.1, 0.15) is 10.4 Å². The number of esters is 1. The van der Waals surface area contributed by atoms with Gasteiger partial charge in [-0.3, -0.25) is 9.59 Å². The van der Waals surface area contributed by atoms with Gasteiger partial charge in [-0.1, -0.05) is 0 Å². The number of likely N-dealkylation sites (N-methyl/N-ethyl adjacent to an activating group) is 1. The Morgan fingerprint density at radius 3 is 2.65 bits per heavy atom. The highest BCUT2D eigenvalue weighted by molar-refractivity contribution is 5.96. The fraction of sp³-hybridized carbons (Fsp3) is 0.273. The molecule has 3 N–H and O–H groups in total. The Bertz CT molecular complexity index is 445. The quantitative estimate of drug-likeness (QED) is 0.446. The van der Waals surface area contributed by atoms with Crippen molar-refractivity contribution in [2.45, 2.75) is 0 Å². The van der Waals surface area contributed by atoms with Crippen molar-refractivity contribution in [2.24, 2.45) is 0 Å². The number of methoxy groups -OCH3 is 1. The Kier molecular flexibility index (Phi) is 3.92. The third-order valence-electron chi connectivity index (χ3n) is 2.22. The van der Waals surface area contributed by atoms with Gasteiger partial charge in [-0.05, 0) is 18.2 Å². The van der Waals surface area contributed by atoms with Crippen LogP contribution in [0.3, 0.4) is 0 Å². The lowest BCUT2D eigenvalue weighted by molar-refractivity contribution is -0.141. The average Bonchev–Trinajstić information content (AvgIpc) is 2.31. The van der Waals surface area contributed by atoms with E-state index < -0.39 is 11.9 Å². The maximum atomic E-state index is 11.8. The number of hydrogen-bond acceptors (Lipinski definition) is 5. The van der Waals surface area contributed by atoms with E-state index in [2.05, 4.69) is 4.74 Å². The molecule has 1 amide bonds. The molecule has 0 unspecified atom stereocenters.